The number of hydrogen-bond acceptors (Lipinski definition) is 5. The van der Waals surface area contributed by atoms with Crippen molar-refractivity contribution in [2.45, 2.75) is 13.3 Å². The van der Waals surface area contributed by atoms with E-state index in [1.165, 1.54) is 0 Å². The van der Waals surface area contributed by atoms with Crippen molar-refractivity contribution in [3.05, 3.63) is 53.3 Å². The summed E-state index contributed by atoms with van der Waals surface area (Å²) >= 11 is 0. The van der Waals surface area contributed by atoms with E-state index in [-0.39, 0.29) is 5.95 Å². The molecule has 0 fully saturated rings. The molecule has 0 saturated carbocycles. The largest absolute Gasteiger partial charge is 0.383 e. The minimum atomic E-state index is 0.196. The second-order valence-corrected chi connectivity index (χ2v) is 4.76. The quantitative estimate of drug-likeness (QED) is 0.740. The zero-order chi connectivity index (χ0) is 14.1. The second-order valence-electron chi connectivity index (χ2n) is 4.76. The number of aryl methyl sites for hydroxylation is 1. The lowest BCUT2D eigenvalue weighted by Crippen LogP contribution is -2.04. The van der Waals surface area contributed by atoms with Crippen LogP contribution >= 0.6 is 0 Å². The Kier molecular flexibility index (Phi) is 2.95. The van der Waals surface area contributed by atoms with Gasteiger partial charge in [-0.2, -0.15) is 4.98 Å². The lowest BCUT2D eigenvalue weighted by Gasteiger charge is -2.09. The third kappa shape index (κ3) is 2.25. The van der Waals surface area contributed by atoms with E-state index in [9.17, 15) is 0 Å². The second kappa shape index (κ2) is 4.77. The maximum atomic E-state index is 5.90. The fourth-order valence-corrected chi connectivity index (χ4v) is 2.32. The Balaban J connectivity index is 2.10. The molecule has 0 aliphatic rings. The predicted molar refractivity (Wildman–Crippen MR) is 80.1 cm³/mol. The Labute approximate surface area is 116 Å². The molecule has 0 unspecified atom stereocenters. The normalized spacial score (nSPS) is 10.8. The first-order valence-corrected chi connectivity index (χ1v) is 6.35. The lowest BCUT2D eigenvalue weighted by molar-refractivity contribution is 1.09. The molecule has 2 aromatic heterocycles. The fourth-order valence-electron chi connectivity index (χ4n) is 2.32. The molecule has 2 heterocycles. The summed E-state index contributed by atoms with van der Waals surface area (Å²) in [5.41, 5.74) is 15.4. The van der Waals surface area contributed by atoms with Gasteiger partial charge in [-0.25, -0.2) is 4.98 Å². The number of anilines is 2. The van der Waals surface area contributed by atoms with E-state index in [1.807, 2.05) is 25.1 Å². The first-order valence-electron chi connectivity index (χ1n) is 6.35. The van der Waals surface area contributed by atoms with Crippen LogP contribution in [0.5, 0.6) is 0 Å². The zero-order valence-corrected chi connectivity index (χ0v) is 11.2. The van der Waals surface area contributed by atoms with Gasteiger partial charge in [-0.1, -0.05) is 18.2 Å². The molecule has 5 nitrogen and oxygen atoms in total. The Hall–Kier alpha value is -2.69. The molecule has 5 heteroatoms. The molecule has 0 amide bonds. The van der Waals surface area contributed by atoms with E-state index in [0.717, 1.165) is 27.7 Å². The van der Waals surface area contributed by atoms with Crippen molar-refractivity contribution in [2.75, 3.05) is 11.5 Å². The summed E-state index contributed by atoms with van der Waals surface area (Å²) in [5, 5.41) is 1.12. The van der Waals surface area contributed by atoms with Gasteiger partial charge in [-0.15, -0.1) is 0 Å². The number of aromatic nitrogens is 3. The first kappa shape index (κ1) is 12.3. The highest BCUT2D eigenvalue weighted by molar-refractivity contribution is 5.82. The van der Waals surface area contributed by atoms with Gasteiger partial charge in [0.25, 0.3) is 0 Å². The van der Waals surface area contributed by atoms with Gasteiger partial charge in [0.1, 0.15) is 5.82 Å². The van der Waals surface area contributed by atoms with Crippen LogP contribution in [0.4, 0.5) is 11.8 Å². The zero-order valence-electron chi connectivity index (χ0n) is 11.2. The highest BCUT2D eigenvalue weighted by Crippen LogP contribution is 2.22. The van der Waals surface area contributed by atoms with Crippen molar-refractivity contribution in [1.29, 1.82) is 0 Å². The third-order valence-corrected chi connectivity index (χ3v) is 3.23. The van der Waals surface area contributed by atoms with Crippen molar-refractivity contribution >= 4 is 22.7 Å². The molecule has 0 saturated heterocycles. The molecule has 0 atom stereocenters. The molecule has 100 valence electrons. The number of hydrogen-bond donors (Lipinski definition) is 2. The fraction of sp³-hybridized carbons (Fsp3) is 0.133. The Bertz CT molecular complexity index is 782. The van der Waals surface area contributed by atoms with Gasteiger partial charge in [-0.3, -0.25) is 4.98 Å². The maximum absolute atomic E-state index is 5.90. The average Bonchev–Trinajstić information content (AvgIpc) is 2.41. The predicted octanol–water partition coefficient (Wildman–Crippen LogP) is 2.09. The summed E-state index contributed by atoms with van der Waals surface area (Å²) in [6.45, 7) is 1.98. The molecule has 4 N–H and O–H groups in total. The standard InChI is InChI=1S/C15H15N5/c1-9-6-10(12-4-2-3-5-13(12)19-9)7-11-8-18-15(17)20-14(11)16/h2-6,8H,7H2,1H3,(H4,16,17,18,20). The molecule has 0 aliphatic heterocycles. The highest BCUT2D eigenvalue weighted by atomic mass is 15.0. The Morgan fingerprint density at radius 1 is 1.05 bits per heavy atom. The minimum Gasteiger partial charge on any atom is -0.383 e. The van der Waals surface area contributed by atoms with Crippen LogP contribution in [0.3, 0.4) is 0 Å². The van der Waals surface area contributed by atoms with Crippen LogP contribution in [0.25, 0.3) is 10.9 Å². The minimum absolute atomic E-state index is 0.196. The number of pyridine rings is 1. The van der Waals surface area contributed by atoms with Gasteiger partial charge in [-0.05, 0) is 24.6 Å². The van der Waals surface area contributed by atoms with E-state index in [2.05, 4.69) is 27.1 Å². The molecule has 3 aromatic rings. The van der Waals surface area contributed by atoms with Gasteiger partial charge in [0.15, 0.2) is 0 Å². The van der Waals surface area contributed by atoms with E-state index in [4.69, 9.17) is 11.5 Å². The van der Waals surface area contributed by atoms with Crippen LogP contribution < -0.4 is 11.5 Å². The van der Waals surface area contributed by atoms with E-state index < -0.39 is 0 Å². The van der Waals surface area contributed by atoms with Crippen LogP contribution in [0.15, 0.2) is 36.5 Å². The number of para-hydroxylation sites is 1. The van der Waals surface area contributed by atoms with Gasteiger partial charge in [0.2, 0.25) is 5.95 Å². The Morgan fingerprint density at radius 3 is 2.65 bits per heavy atom. The molecule has 0 spiro atoms. The molecule has 20 heavy (non-hydrogen) atoms. The van der Waals surface area contributed by atoms with E-state index in [1.54, 1.807) is 6.20 Å². The van der Waals surface area contributed by atoms with E-state index in [0.29, 0.717) is 12.2 Å². The maximum Gasteiger partial charge on any atom is 0.221 e. The number of nitrogens with two attached hydrogens (primary N) is 2. The molecule has 0 radical (unpaired) electrons. The van der Waals surface area contributed by atoms with Crippen molar-refractivity contribution in [2.24, 2.45) is 0 Å². The number of benzene rings is 1. The van der Waals surface area contributed by atoms with Crippen LogP contribution in [0.1, 0.15) is 16.8 Å². The lowest BCUT2D eigenvalue weighted by atomic mass is 10.0. The van der Waals surface area contributed by atoms with Gasteiger partial charge in [0.05, 0.1) is 5.52 Å². The number of nitrogens with zero attached hydrogens (tertiary/aromatic N) is 3. The first-order chi connectivity index (χ1) is 9.63. The van der Waals surface area contributed by atoms with Crippen LogP contribution in [-0.2, 0) is 6.42 Å². The summed E-state index contributed by atoms with van der Waals surface area (Å²) in [4.78, 5) is 12.5. The van der Waals surface area contributed by atoms with Crippen LogP contribution in [0.2, 0.25) is 0 Å². The van der Waals surface area contributed by atoms with Gasteiger partial charge >= 0.3 is 0 Å². The summed E-state index contributed by atoms with van der Waals surface area (Å²) in [6.07, 6.45) is 2.35. The summed E-state index contributed by atoms with van der Waals surface area (Å²) < 4.78 is 0. The van der Waals surface area contributed by atoms with Gasteiger partial charge < -0.3 is 11.5 Å². The molecular weight excluding hydrogens is 250 g/mol. The SMILES string of the molecule is Cc1cc(Cc2cnc(N)nc2N)c2ccccc2n1. The molecule has 1 aromatic carbocycles. The summed E-state index contributed by atoms with van der Waals surface area (Å²) in [7, 11) is 0. The van der Waals surface area contributed by atoms with Crippen molar-refractivity contribution in [1.82, 2.24) is 15.0 Å². The molecule has 0 aliphatic carbocycles. The van der Waals surface area contributed by atoms with Crippen LogP contribution in [-0.4, -0.2) is 15.0 Å². The molecule has 3 rings (SSSR count). The van der Waals surface area contributed by atoms with Crippen molar-refractivity contribution < 1.29 is 0 Å². The number of rotatable bonds is 2. The molecule has 0 bridgehead atoms. The average molecular weight is 265 g/mol. The van der Waals surface area contributed by atoms with Crippen molar-refractivity contribution in [3.63, 3.8) is 0 Å². The van der Waals surface area contributed by atoms with E-state index >= 15 is 0 Å². The monoisotopic (exact) mass is 265 g/mol. The highest BCUT2D eigenvalue weighted by Gasteiger charge is 2.08. The topological polar surface area (TPSA) is 90.7 Å². The van der Waals surface area contributed by atoms with Crippen LogP contribution in [0, 0.1) is 6.92 Å². The Morgan fingerprint density at radius 2 is 1.85 bits per heavy atom. The number of fused-ring (bicyclic) bond motifs is 1. The van der Waals surface area contributed by atoms with Gasteiger partial charge in [0, 0.05) is 29.3 Å². The molecular formula is C15H15N5. The third-order valence-electron chi connectivity index (χ3n) is 3.23. The number of nitrogen functional groups attached to an aromatic ring is 2. The smallest absolute Gasteiger partial charge is 0.221 e. The summed E-state index contributed by atoms with van der Waals surface area (Å²) in [6, 6.07) is 10.1. The summed E-state index contributed by atoms with van der Waals surface area (Å²) in [5.74, 6) is 0.623. The van der Waals surface area contributed by atoms with Crippen molar-refractivity contribution in [3.8, 4) is 0 Å².